The van der Waals surface area contributed by atoms with Crippen LogP contribution in [0.1, 0.15) is 12.8 Å². The molecule has 3 heteroatoms. The van der Waals surface area contributed by atoms with E-state index >= 15 is 0 Å². The topological polar surface area (TPSA) is 0 Å². The monoisotopic (exact) mass is 150 g/mol. The van der Waals surface area contributed by atoms with E-state index in [0.29, 0.717) is 0 Å². The summed E-state index contributed by atoms with van der Waals surface area (Å²) in [4.78, 5) is 1.05. The highest BCUT2D eigenvalue weighted by molar-refractivity contribution is 8.77. The fourth-order valence-electron chi connectivity index (χ4n) is 0.642. The Morgan fingerprint density at radius 3 is 2.71 bits per heavy atom. The largest absolute Gasteiger partial charge is 0.0949 e. The van der Waals surface area contributed by atoms with Crippen molar-refractivity contribution in [3.8, 4) is 0 Å². The highest BCUT2D eigenvalue weighted by Crippen LogP contribution is 2.33. The SMILES string of the molecule is [SiH3]C1CCCSS1. The van der Waals surface area contributed by atoms with Crippen molar-refractivity contribution < 1.29 is 0 Å². The van der Waals surface area contributed by atoms with Gasteiger partial charge in [-0.05, 0) is 17.7 Å². The first-order valence-electron chi connectivity index (χ1n) is 2.68. The van der Waals surface area contributed by atoms with E-state index in [-0.39, 0.29) is 0 Å². The molecule has 0 nitrogen and oxygen atoms in total. The summed E-state index contributed by atoms with van der Waals surface area (Å²) < 4.78 is 0. The van der Waals surface area contributed by atoms with Crippen LogP contribution in [0.3, 0.4) is 0 Å². The van der Waals surface area contributed by atoms with E-state index in [2.05, 4.69) is 21.6 Å². The summed E-state index contributed by atoms with van der Waals surface area (Å²) in [5.41, 5.74) is 0. The molecule has 1 fully saturated rings. The van der Waals surface area contributed by atoms with E-state index < -0.39 is 0 Å². The Morgan fingerprint density at radius 1 is 1.57 bits per heavy atom. The Morgan fingerprint density at radius 2 is 2.43 bits per heavy atom. The van der Waals surface area contributed by atoms with E-state index in [0.717, 1.165) is 4.87 Å². The average Bonchev–Trinajstić information content (AvgIpc) is 1.69. The molecule has 0 amide bonds. The van der Waals surface area contributed by atoms with Crippen LogP contribution < -0.4 is 0 Å². The minimum Gasteiger partial charge on any atom is -0.0949 e. The lowest BCUT2D eigenvalue weighted by atomic mass is 10.4. The molecule has 0 aromatic rings. The average molecular weight is 150 g/mol. The molecule has 0 saturated carbocycles. The van der Waals surface area contributed by atoms with Crippen LogP contribution in [-0.4, -0.2) is 20.9 Å². The zero-order valence-electron chi connectivity index (χ0n) is 4.52. The molecule has 1 aliphatic heterocycles. The lowest BCUT2D eigenvalue weighted by Gasteiger charge is -2.14. The van der Waals surface area contributed by atoms with Gasteiger partial charge < -0.3 is 0 Å². The molecule has 0 aromatic heterocycles. The van der Waals surface area contributed by atoms with Crippen LogP contribution in [0.25, 0.3) is 0 Å². The number of hydrogen-bond acceptors (Lipinski definition) is 2. The summed E-state index contributed by atoms with van der Waals surface area (Å²) in [5, 5.41) is 0. The lowest BCUT2D eigenvalue weighted by Crippen LogP contribution is -2.04. The van der Waals surface area contributed by atoms with Gasteiger partial charge in [-0.25, -0.2) is 0 Å². The van der Waals surface area contributed by atoms with Crippen LogP contribution >= 0.6 is 21.6 Å². The van der Waals surface area contributed by atoms with Crippen molar-refractivity contribution in [1.82, 2.24) is 0 Å². The number of hydrogen-bond donors (Lipinski definition) is 0. The molecule has 1 saturated heterocycles. The first kappa shape index (κ1) is 6.04. The molecule has 1 aliphatic rings. The quantitative estimate of drug-likeness (QED) is 0.371. The third-order valence-electron chi connectivity index (χ3n) is 1.07. The summed E-state index contributed by atoms with van der Waals surface area (Å²) in [6, 6.07) is 0. The first-order valence-corrected chi connectivity index (χ1v) is 6.21. The molecule has 1 unspecified atom stereocenters. The van der Waals surface area contributed by atoms with Gasteiger partial charge in [0.25, 0.3) is 0 Å². The Labute approximate surface area is 55.6 Å². The zero-order valence-corrected chi connectivity index (χ0v) is 8.15. The van der Waals surface area contributed by atoms with Gasteiger partial charge in [0, 0.05) is 16.0 Å². The first-order chi connectivity index (χ1) is 3.39. The van der Waals surface area contributed by atoms with Crippen molar-refractivity contribution in [2.75, 3.05) is 5.75 Å². The predicted molar refractivity (Wildman–Crippen MR) is 43.0 cm³/mol. The summed E-state index contributed by atoms with van der Waals surface area (Å²) in [5.74, 6) is 1.39. The Balaban J connectivity index is 2.12. The molecular weight excluding hydrogens is 140 g/mol. The van der Waals surface area contributed by atoms with E-state index in [1.54, 1.807) is 0 Å². The normalized spacial score (nSPS) is 33.4. The van der Waals surface area contributed by atoms with Gasteiger partial charge in [-0.1, -0.05) is 21.6 Å². The van der Waals surface area contributed by atoms with Gasteiger partial charge in [0.1, 0.15) is 0 Å². The molecule has 1 rings (SSSR count). The molecule has 0 bridgehead atoms. The summed E-state index contributed by atoms with van der Waals surface area (Å²) in [6.07, 6.45) is 2.95. The molecular formula is C4H10S2Si. The Kier molecular flexibility index (Phi) is 2.63. The van der Waals surface area contributed by atoms with Crippen LogP contribution in [0, 0.1) is 0 Å². The highest BCUT2D eigenvalue weighted by atomic mass is 33.1. The summed E-state index contributed by atoms with van der Waals surface area (Å²) >= 11 is 0. The second-order valence-electron chi connectivity index (χ2n) is 1.87. The minimum absolute atomic E-state index is 1.05. The maximum absolute atomic E-state index is 2.10. The molecule has 42 valence electrons. The minimum atomic E-state index is 1.05. The van der Waals surface area contributed by atoms with Gasteiger partial charge in [-0.2, -0.15) is 0 Å². The van der Waals surface area contributed by atoms with Crippen LogP contribution in [0.15, 0.2) is 0 Å². The van der Waals surface area contributed by atoms with E-state index in [9.17, 15) is 0 Å². The highest BCUT2D eigenvalue weighted by Gasteiger charge is 2.07. The van der Waals surface area contributed by atoms with Crippen molar-refractivity contribution in [3.05, 3.63) is 0 Å². The molecule has 0 spiro atoms. The van der Waals surface area contributed by atoms with E-state index in [4.69, 9.17) is 0 Å². The Bertz CT molecular complexity index is 51.7. The second kappa shape index (κ2) is 3.05. The van der Waals surface area contributed by atoms with Crippen LogP contribution in [-0.2, 0) is 0 Å². The summed E-state index contributed by atoms with van der Waals surface area (Å²) in [6.45, 7) is 0. The van der Waals surface area contributed by atoms with Gasteiger partial charge in [0.15, 0.2) is 0 Å². The summed E-state index contributed by atoms with van der Waals surface area (Å²) in [7, 11) is 5.54. The van der Waals surface area contributed by atoms with Gasteiger partial charge in [0.05, 0.1) is 0 Å². The van der Waals surface area contributed by atoms with Gasteiger partial charge in [-0.3, -0.25) is 0 Å². The van der Waals surface area contributed by atoms with E-state index in [1.165, 1.54) is 28.8 Å². The molecule has 1 atom stereocenters. The smallest absolute Gasteiger partial charge is 0.0204 e. The van der Waals surface area contributed by atoms with Gasteiger partial charge in [-0.15, -0.1) is 0 Å². The van der Waals surface area contributed by atoms with Crippen molar-refractivity contribution >= 4 is 31.8 Å². The third kappa shape index (κ3) is 2.10. The van der Waals surface area contributed by atoms with Crippen LogP contribution in [0.2, 0.25) is 0 Å². The third-order valence-corrected chi connectivity index (χ3v) is 6.43. The maximum Gasteiger partial charge on any atom is 0.0204 e. The van der Waals surface area contributed by atoms with Crippen molar-refractivity contribution in [2.24, 2.45) is 0 Å². The Hall–Kier alpha value is 0.917. The second-order valence-corrected chi connectivity index (χ2v) is 7.03. The maximum atomic E-state index is 2.10. The molecule has 0 radical (unpaired) electrons. The van der Waals surface area contributed by atoms with Gasteiger partial charge in [0.2, 0.25) is 0 Å². The lowest BCUT2D eigenvalue weighted by molar-refractivity contribution is 0.872. The molecule has 7 heavy (non-hydrogen) atoms. The van der Waals surface area contributed by atoms with Crippen molar-refractivity contribution in [1.29, 1.82) is 0 Å². The van der Waals surface area contributed by atoms with Gasteiger partial charge >= 0.3 is 0 Å². The number of rotatable bonds is 0. The van der Waals surface area contributed by atoms with E-state index in [1.807, 2.05) is 0 Å². The van der Waals surface area contributed by atoms with Crippen molar-refractivity contribution in [3.63, 3.8) is 0 Å². The fourth-order valence-corrected chi connectivity index (χ4v) is 4.78. The van der Waals surface area contributed by atoms with Crippen LogP contribution in [0.5, 0.6) is 0 Å². The molecule has 0 aromatic carbocycles. The van der Waals surface area contributed by atoms with Crippen molar-refractivity contribution in [2.45, 2.75) is 17.7 Å². The molecule has 0 aliphatic carbocycles. The predicted octanol–water partition coefficient (Wildman–Crippen LogP) is 0.853. The molecule has 0 N–H and O–H groups in total. The zero-order chi connectivity index (χ0) is 5.11. The standard InChI is InChI=1S/C4H10S2Si/c7-4-2-1-3-5-6-4/h4H,1-3H2,7H3. The fraction of sp³-hybridized carbons (Fsp3) is 1.00. The molecule has 1 heterocycles. The van der Waals surface area contributed by atoms with Crippen LogP contribution in [0.4, 0.5) is 0 Å².